The number of nitrogens with two attached hydrogens (primary N) is 1. The van der Waals surface area contributed by atoms with Crippen molar-refractivity contribution in [1.82, 2.24) is 4.90 Å². The summed E-state index contributed by atoms with van der Waals surface area (Å²) in [7, 11) is 0. The van der Waals surface area contributed by atoms with Crippen LogP contribution in [0.25, 0.3) is 0 Å². The first kappa shape index (κ1) is 21.7. The summed E-state index contributed by atoms with van der Waals surface area (Å²) in [5.41, 5.74) is 5.72. The minimum absolute atomic E-state index is 0.0460. The Hall–Kier alpha value is -1.62. The first-order valence-electron chi connectivity index (χ1n) is 8.08. The highest BCUT2D eigenvalue weighted by Crippen LogP contribution is 2.22. The molecule has 0 amide bonds. The highest BCUT2D eigenvalue weighted by Gasteiger charge is 2.44. The number of nitrogens with zero attached hydrogens (tertiary/aromatic N) is 1. The molecule has 3 N–H and O–H groups in total. The van der Waals surface area contributed by atoms with Crippen molar-refractivity contribution >= 4 is 17.6 Å². The van der Waals surface area contributed by atoms with Crippen LogP contribution in [0.1, 0.15) is 6.42 Å². The van der Waals surface area contributed by atoms with Gasteiger partial charge in [-0.3, -0.25) is 4.90 Å². The lowest BCUT2D eigenvalue weighted by Gasteiger charge is -2.37. The molecule has 0 bridgehead atoms. The average molecular weight is 415 g/mol. The fourth-order valence-electron chi connectivity index (χ4n) is 2.60. The van der Waals surface area contributed by atoms with E-state index < -0.39 is 36.2 Å². The van der Waals surface area contributed by atoms with E-state index in [0.29, 0.717) is 13.0 Å². The molecule has 0 aliphatic carbocycles. The molecule has 0 spiro atoms. The van der Waals surface area contributed by atoms with Crippen molar-refractivity contribution < 1.29 is 36.9 Å². The van der Waals surface area contributed by atoms with E-state index in [0.717, 1.165) is 6.07 Å². The van der Waals surface area contributed by atoms with Crippen LogP contribution < -0.4 is 10.5 Å². The predicted octanol–water partition coefficient (Wildman–Crippen LogP) is 1.73. The van der Waals surface area contributed by atoms with Gasteiger partial charge in [0.15, 0.2) is 0 Å². The maximum absolute atomic E-state index is 13.3. The molecule has 1 aromatic carbocycles. The molecule has 27 heavy (non-hydrogen) atoms. The molecule has 1 aliphatic heterocycles. The molecule has 3 atom stereocenters. The molecule has 11 heteroatoms. The third-order valence-electron chi connectivity index (χ3n) is 3.99. The Bertz CT molecular complexity index is 662. The summed E-state index contributed by atoms with van der Waals surface area (Å²) in [6.45, 7) is 0.253. The number of benzene rings is 1. The lowest BCUT2D eigenvalue weighted by molar-refractivity contribution is -0.207. The third-order valence-corrected chi connectivity index (χ3v) is 4.29. The topological polar surface area (TPSA) is 85.0 Å². The smallest absolute Gasteiger partial charge is 0.490 e. The number of carbonyl (C=O) groups excluding carboxylic acids is 1. The number of aliphatic hydroxyl groups is 1. The van der Waals surface area contributed by atoms with Crippen LogP contribution in [-0.4, -0.2) is 66.6 Å². The highest BCUT2D eigenvalue weighted by molar-refractivity contribution is 6.30. The Labute approximate surface area is 157 Å². The summed E-state index contributed by atoms with van der Waals surface area (Å²) in [5, 5.41) is 9.98. The predicted molar refractivity (Wildman–Crippen MR) is 87.9 cm³/mol. The number of esters is 1. The van der Waals surface area contributed by atoms with Gasteiger partial charge in [-0.15, -0.1) is 0 Å². The second-order valence-electron chi connectivity index (χ2n) is 6.19. The molecule has 0 aromatic heterocycles. The number of likely N-dealkylation sites (tertiary alicyclic amines) is 1. The van der Waals surface area contributed by atoms with Gasteiger partial charge in [-0.1, -0.05) is 11.6 Å². The molecule has 2 rings (SSSR count). The molecule has 0 radical (unpaired) electrons. The second kappa shape index (κ2) is 9.05. The van der Waals surface area contributed by atoms with Crippen molar-refractivity contribution in [1.29, 1.82) is 0 Å². The minimum atomic E-state index is -5.09. The number of alkyl halides is 3. The Balaban J connectivity index is 1.83. The summed E-state index contributed by atoms with van der Waals surface area (Å²) >= 11 is 5.56. The van der Waals surface area contributed by atoms with Gasteiger partial charge in [-0.25, -0.2) is 9.18 Å². The normalized spacial score (nSPS) is 22.3. The monoisotopic (exact) mass is 414 g/mol. The van der Waals surface area contributed by atoms with E-state index in [1.807, 2.05) is 0 Å². The number of aliphatic hydroxyl groups excluding tert-OH is 1. The van der Waals surface area contributed by atoms with Gasteiger partial charge in [0, 0.05) is 31.7 Å². The maximum Gasteiger partial charge on any atom is 0.490 e. The Kier molecular flexibility index (Phi) is 7.26. The lowest BCUT2D eigenvalue weighted by Crippen LogP contribution is -2.54. The van der Waals surface area contributed by atoms with E-state index in [1.54, 1.807) is 4.90 Å². The van der Waals surface area contributed by atoms with Gasteiger partial charge in [0.25, 0.3) is 0 Å². The van der Waals surface area contributed by atoms with Crippen LogP contribution >= 0.6 is 11.6 Å². The molecular weight excluding hydrogens is 396 g/mol. The van der Waals surface area contributed by atoms with Gasteiger partial charge >= 0.3 is 12.1 Å². The summed E-state index contributed by atoms with van der Waals surface area (Å²) in [6, 6.07) is 3.09. The molecule has 6 nitrogen and oxygen atoms in total. The van der Waals surface area contributed by atoms with Crippen LogP contribution in [0.3, 0.4) is 0 Å². The Morgan fingerprint density at radius 3 is 2.78 bits per heavy atom. The average Bonchev–Trinajstić information content (AvgIpc) is 2.58. The van der Waals surface area contributed by atoms with E-state index in [1.165, 1.54) is 12.1 Å². The molecule has 1 aliphatic rings. The molecule has 0 saturated carbocycles. The molecule has 1 saturated heterocycles. The zero-order chi connectivity index (χ0) is 20.2. The first-order valence-corrected chi connectivity index (χ1v) is 8.45. The number of β-amino-alcohol motifs (C(OH)–C–C–N with tert-alkyl or cyclic N) is 1. The van der Waals surface area contributed by atoms with Gasteiger partial charge in [-0.2, -0.15) is 13.2 Å². The van der Waals surface area contributed by atoms with Gasteiger partial charge in [0.1, 0.15) is 30.4 Å². The van der Waals surface area contributed by atoms with Crippen LogP contribution in [0.5, 0.6) is 5.75 Å². The molecule has 152 valence electrons. The standard InChI is InChI=1S/C16H19ClF4N2O4/c17-11-2-1-10(5-12(11)18)26-8-9(24)6-23-4-3-13(22)14(7-23)27-15(25)16(19,20)21/h1-2,5,9,13-14,24H,3-4,6-8,22H2. The largest absolute Gasteiger partial charge is 0.491 e. The Morgan fingerprint density at radius 2 is 2.15 bits per heavy atom. The molecular formula is C16H19ClF4N2O4. The lowest BCUT2D eigenvalue weighted by atomic mass is 10.0. The van der Waals surface area contributed by atoms with Crippen molar-refractivity contribution in [2.75, 3.05) is 26.2 Å². The summed E-state index contributed by atoms with van der Waals surface area (Å²) in [6.07, 6.45) is -6.93. The van der Waals surface area contributed by atoms with E-state index in [9.17, 15) is 27.5 Å². The van der Waals surface area contributed by atoms with Crippen LogP contribution in [0.2, 0.25) is 5.02 Å². The zero-order valence-electron chi connectivity index (χ0n) is 14.1. The number of hydrogen-bond acceptors (Lipinski definition) is 6. The van der Waals surface area contributed by atoms with Crippen LogP contribution in [0.15, 0.2) is 18.2 Å². The summed E-state index contributed by atoms with van der Waals surface area (Å²) in [5.74, 6) is -2.78. The van der Waals surface area contributed by atoms with Gasteiger partial charge in [-0.05, 0) is 18.6 Å². The Morgan fingerprint density at radius 1 is 1.44 bits per heavy atom. The number of hydrogen-bond donors (Lipinski definition) is 2. The first-order chi connectivity index (χ1) is 12.6. The van der Waals surface area contributed by atoms with E-state index in [-0.39, 0.29) is 30.5 Å². The third kappa shape index (κ3) is 6.49. The summed E-state index contributed by atoms with van der Waals surface area (Å²) < 4.78 is 60.0. The van der Waals surface area contributed by atoms with Crippen molar-refractivity contribution in [2.24, 2.45) is 5.73 Å². The second-order valence-corrected chi connectivity index (χ2v) is 6.60. The van der Waals surface area contributed by atoms with Crippen molar-refractivity contribution in [3.05, 3.63) is 29.0 Å². The van der Waals surface area contributed by atoms with Gasteiger partial charge in [0.2, 0.25) is 0 Å². The fraction of sp³-hybridized carbons (Fsp3) is 0.562. The number of carbonyl (C=O) groups is 1. The minimum Gasteiger partial charge on any atom is -0.491 e. The van der Waals surface area contributed by atoms with Gasteiger partial charge < -0.3 is 20.3 Å². The van der Waals surface area contributed by atoms with Crippen LogP contribution in [0, 0.1) is 5.82 Å². The molecule has 1 heterocycles. The van der Waals surface area contributed by atoms with Crippen LogP contribution in [-0.2, 0) is 9.53 Å². The number of piperidine rings is 1. The number of rotatable bonds is 6. The van der Waals surface area contributed by atoms with E-state index >= 15 is 0 Å². The molecule has 3 unspecified atom stereocenters. The number of ether oxygens (including phenoxy) is 2. The van der Waals surface area contributed by atoms with Crippen molar-refractivity contribution in [2.45, 2.75) is 30.8 Å². The zero-order valence-corrected chi connectivity index (χ0v) is 14.8. The van der Waals surface area contributed by atoms with Crippen LogP contribution in [0.4, 0.5) is 17.6 Å². The quantitative estimate of drug-likeness (QED) is 0.545. The van der Waals surface area contributed by atoms with Crippen molar-refractivity contribution in [3.8, 4) is 5.75 Å². The maximum atomic E-state index is 13.3. The SMILES string of the molecule is NC1CCN(CC(O)COc2ccc(Cl)c(F)c2)CC1OC(=O)C(F)(F)F. The fourth-order valence-corrected chi connectivity index (χ4v) is 2.72. The molecule has 1 aromatic rings. The summed E-state index contributed by atoms with van der Waals surface area (Å²) in [4.78, 5) is 12.6. The number of halogens is 5. The van der Waals surface area contributed by atoms with Gasteiger partial charge in [0.05, 0.1) is 5.02 Å². The van der Waals surface area contributed by atoms with E-state index in [2.05, 4.69) is 4.74 Å². The molecule has 1 fully saturated rings. The van der Waals surface area contributed by atoms with E-state index in [4.69, 9.17) is 22.1 Å². The van der Waals surface area contributed by atoms with Crippen molar-refractivity contribution in [3.63, 3.8) is 0 Å². The highest BCUT2D eigenvalue weighted by atomic mass is 35.5.